The third-order valence-electron chi connectivity index (χ3n) is 0.850. The second kappa shape index (κ2) is 9.82. The van der Waals surface area contributed by atoms with Crippen LogP contribution in [-0.4, -0.2) is 10.2 Å². The lowest BCUT2D eigenvalue weighted by molar-refractivity contribution is 0.460. The Kier molecular flexibility index (Phi) is 11.0. The van der Waals surface area contributed by atoms with Crippen LogP contribution >= 0.6 is 0 Å². The zero-order chi connectivity index (χ0) is 9.98. The van der Waals surface area contributed by atoms with Crippen LogP contribution in [0, 0.1) is 0 Å². The maximum Gasteiger partial charge on any atom is 0.115 e. The highest BCUT2D eigenvalue weighted by molar-refractivity contribution is 5.28. The molecule has 0 fully saturated rings. The fourth-order valence-electron chi connectivity index (χ4n) is 0.453. The van der Waals surface area contributed by atoms with E-state index in [-0.39, 0.29) is 11.5 Å². The van der Waals surface area contributed by atoms with Gasteiger partial charge in [0.25, 0.3) is 0 Å². The van der Waals surface area contributed by atoms with E-state index in [1.165, 1.54) is 24.3 Å². The van der Waals surface area contributed by atoms with Crippen LogP contribution in [0.15, 0.2) is 24.3 Å². The first kappa shape index (κ1) is 13.4. The van der Waals surface area contributed by atoms with Gasteiger partial charge in [0.15, 0.2) is 0 Å². The smallest absolute Gasteiger partial charge is 0.115 e. The van der Waals surface area contributed by atoms with Crippen molar-refractivity contribution in [3.8, 4) is 11.5 Å². The molecule has 1 aromatic rings. The number of hydrogen-bond acceptors (Lipinski definition) is 2. The molecule has 0 atom stereocenters. The molecule has 70 valence electrons. The Bertz CT molecular complexity index is 147. The van der Waals surface area contributed by atoms with Gasteiger partial charge in [0.1, 0.15) is 11.5 Å². The van der Waals surface area contributed by atoms with Crippen LogP contribution in [0.2, 0.25) is 0 Å². The topological polar surface area (TPSA) is 40.5 Å². The van der Waals surface area contributed by atoms with Crippen molar-refractivity contribution in [1.82, 2.24) is 0 Å². The van der Waals surface area contributed by atoms with Gasteiger partial charge in [-0.25, -0.2) is 0 Å². The summed E-state index contributed by atoms with van der Waals surface area (Å²) in [7, 11) is 0. The molecule has 1 aromatic carbocycles. The lowest BCUT2D eigenvalue weighted by atomic mass is 10.3. The first-order chi connectivity index (χ1) is 5.79. The molecule has 0 aliphatic rings. The molecule has 0 bridgehead atoms. The fourth-order valence-corrected chi connectivity index (χ4v) is 0.453. The van der Waals surface area contributed by atoms with Crippen LogP contribution in [0.1, 0.15) is 27.7 Å². The first-order valence-electron chi connectivity index (χ1n) is 4.27. The van der Waals surface area contributed by atoms with Crippen LogP contribution < -0.4 is 0 Å². The minimum Gasteiger partial charge on any atom is -0.508 e. The van der Waals surface area contributed by atoms with E-state index in [4.69, 9.17) is 10.2 Å². The van der Waals surface area contributed by atoms with Gasteiger partial charge in [-0.1, -0.05) is 27.7 Å². The molecule has 0 saturated carbocycles. The lowest BCUT2D eigenvalue weighted by Gasteiger charge is -1.88. The highest BCUT2D eigenvalue weighted by Crippen LogP contribution is 2.13. The Morgan fingerprint density at radius 2 is 0.833 bits per heavy atom. The van der Waals surface area contributed by atoms with Crippen molar-refractivity contribution in [2.45, 2.75) is 27.7 Å². The molecule has 0 aliphatic carbocycles. The number of phenolic OH excluding ortho intramolecular Hbond substituents is 2. The normalized spacial score (nSPS) is 7.00. The second-order valence-corrected chi connectivity index (χ2v) is 1.52. The van der Waals surface area contributed by atoms with E-state index >= 15 is 0 Å². The van der Waals surface area contributed by atoms with Crippen molar-refractivity contribution in [3.63, 3.8) is 0 Å². The Labute approximate surface area is 74.5 Å². The van der Waals surface area contributed by atoms with E-state index in [0.717, 1.165) is 0 Å². The Balaban J connectivity index is 0. The summed E-state index contributed by atoms with van der Waals surface area (Å²) < 4.78 is 0. The van der Waals surface area contributed by atoms with Crippen molar-refractivity contribution in [2.75, 3.05) is 0 Å². The van der Waals surface area contributed by atoms with E-state index in [0.29, 0.717) is 0 Å². The van der Waals surface area contributed by atoms with Crippen LogP contribution in [0.3, 0.4) is 0 Å². The van der Waals surface area contributed by atoms with E-state index < -0.39 is 0 Å². The Morgan fingerprint density at radius 3 is 1.00 bits per heavy atom. The van der Waals surface area contributed by atoms with Gasteiger partial charge in [-0.3, -0.25) is 0 Å². The quantitative estimate of drug-likeness (QED) is 0.587. The monoisotopic (exact) mass is 170 g/mol. The molecule has 0 saturated heterocycles. The molecular weight excluding hydrogens is 152 g/mol. The maximum absolute atomic E-state index is 8.65. The molecule has 0 unspecified atom stereocenters. The highest BCUT2D eigenvalue weighted by Gasteiger charge is 1.84. The number of rotatable bonds is 0. The van der Waals surface area contributed by atoms with Gasteiger partial charge >= 0.3 is 0 Å². The standard InChI is InChI=1S/C6H6O2.2C2H6/c7-5-1-2-6(8)4-3-5;2*1-2/h1-4,7-8H;2*1-2H3. The molecule has 2 nitrogen and oxygen atoms in total. The first-order valence-corrected chi connectivity index (χ1v) is 4.27. The summed E-state index contributed by atoms with van der Waals surface area (Å²) in [5.74, 6) is 0.339. The van der Waals surface area contributed by atoms with Crippen LogP contribution in [0.25, 0.3) is 0 Å². The van der Waals surface area contributed by atoms with Gasteiger partial charge in [-0.2, -0.15) is 0 Å². The third-order valence-corrected chi connectivity index (χ3v) is 0.850. The van der Waals surface area contributed by atoms with Gasteiger partial charge in [0, 0.05) is 0 Å². The molecule has 2 heteroatoms. The second-order valence-electron chi connectivity index (χ2n) is 1.52. The van der Waals surface area contributed by atoms with E-state index in [1.54, 1.807) is 0 Å². The summed E-state index contributed by atoms with van der Waals surface area (Å²) in [5.41, 5.74) is 0. The predicted octanol–water partition coefficient (Wildman–Crippen LogP) is 3.15. The SMILES string of the molecule is CC.CC.Oc1ccc(O)cc1. The zero-order valence-electron chi connectivity index (χ0n) is 8.20. The average Bonchev–Trinajstić information content (AvgIpc) is 2.17. The maximum atomic E-state index is 8.65. The summed E-state index contributed by atoms with van der Waals surface area (Å²) in [6.45, 7) is 8.00. The molecular formula is C10H18O2. The van der Waals surface area contributed by atoms with Gasteiger partial charge in [-0.05, 0) is 24.3 Å². The summed E-state index contributed by atoms with van der Waals surface area (Å²) in [5, 5.41) is 17.3. The lowest BCUT2D eigenvalue weighted by Crippen LogP contribution is -1.61. The summed E-state index contributed by atoms with van der Waals surface area (Å²) in [6.07, 6.45) is 0. The molecule has 1 rings (SSSR count). The number of phenols is 2. The molecule has 0 aliphatic heterocycles. The van der Waals surface area contributed by atoms with Crippen LogP contribution in [0.5, 0.6) is 11.5 Å². The summed E-state index contributed by atoms with van der Waals surface area (Å²) in [6, 6.07) is 5.70. The number of benzene rings is 1. The van der Waals surface area contributed by atoms with E-state index in [1.807, 2.05) is 27.7 Å². The Morgan fingerprint density at radius 1 is 0.667 bits per heavy atom. The van der Waals surface area contributed by atoms with Crippen LogP contribution in [0.4, 0.5) is 0 Å². The molecule has 0 aromatic heterocycles. The molecule has 0 heterocycles. The molecule has 2 N–H and O–H groups in total. The third kappa shape index (κ3) is 6.93. The summed E-state index contributed by atoms with van der Waals surface area (Å²) in [4.78, 5) is 0. The molecule has 0 radical (unpaired) electrons. The van der Waals surface area contributed by atoms with Crippen molar-refractivity contribution >= 4 is 0 Å². The fraction of sp³-hybridized carbons (Fsp3) is 0.400. The zero-order valence-corrected chi connectivity index (χ0v) is 8.20. The van der Waals surface area contributed by atoms with Crippen molar-refractivity contribution in [3.05, 3.63) is 24.3 Å². The molecule has 12 heavy (non-hydrogen) atoms. The van der Waals surface area contributed by atoms with Crippen molar-refractivity contribution in [2.24, 2.45) is 0 Å². The van der Waals surface area contributed by atoms with Gasteiger partial charge in [-0.15, -0.1) is 0 Å². The minimum absolute atomic E-state index is 0.169. The van der Waals surface area contributed by atoms with Crippen molar-refractivity contribution < 1.29 is 10.2 Å². The van der Waals surface area contributed by atoms with E-state index in [9.17, 15) is 0 Å². The summed E-state index contributed by atoms with van der Waals surface area (Å²) >= 11 is 0. The highest BCUT2D eigenvalue weighted by atomic mass is 16.3. The van der Waals surface area contributed by atoms with Gasteiger partial charge < -0.3 is 10.2 Å². The van der Waals surface area contributed by atoms with Crippen LogP contribution in [-0.2, 0) is 0 Å². The number of aromatic hydroxyl groups is 2. The Hall–Kier alpha value is -1.18. The van der Waals surface area contributed by atoms with Crippen molar-refractivity contribution in [1.29, 1.82) is 0 Å². The average molecular weight is 170 g/mol. The molecule has 0 amide bonds. The number of hydrogen-bond donors (Lipinski definition) is 2. The molecule has 0 spiro atoms. The van der Waals surface area contributed by atoms with Gasteiger partial charge in [0.2, 0.25) is 0 Å². The minimum atomic E-state index is 0.169. The largest absolute Gasteiger partial charge is 0.508 e. The predicted molar refractivity (Wildman–Crippen MR) is 52.5 cm³/mol. The van der Waals surface area contributed by atoms with Gasteiger partial charge in [0.05, 0.1) is 0 Å². The van der Waals surface area contributed by atoms with E-state index in [2.05, 4.69) is 0 Å².